The first-order valence-corrected chi connectivity index (χ1v) is 13.7. The number of carboxylic acid groups (broad SMARTS) is 1. The molecule has 0 saturated heterocycles. The summed E-state index contributed by atoms with van der Waals surface area (Å²) >= 11 is 0. The smallest absolute Gasteiger partial charge is 0.410 e. The molecule has 2 atom stereocenters. The molecular formula is C30H44N2O6. The molecule has 2 aliphatic rings. The molecule has 210 valence electrons. The molecule has 0 heterocycles. The molecule has 0 bridgehead atoms. The number of benzene rings is 1. The standard InChI is InChI=1S/C30H44N2O6/c1-8-21(18-20-12-10-9-11-13-20)23-19-24(23)32(27(36)38-29(5,6)7)22-14-16-30(17-15-22,25(33)34)31-26(35)37-28(2,3)4/h9-13,18,22-24H,8,14-17,19H2,1-7H3,(H,31,35)(H,33,34)/t22?,23-,24+,30?/m0/s1. The Bertz CT molecular complexity index is 1030. The van der Waals surface area contributed by atoms with Crippen LogP contribution >= 0.6 is 0 Å². The van der Waals surface area contributed by atoms with E-state index in [-0.39, 0.29) is 36.9 Å². The Morgan fingerprint density at radius 2 is 1.61 bits per heavy atom. The molecule has 3 rings (SSSR count). The minimum Gasteiger partial charge on any atom is -0.480 e. The Labute approximate surface area is 226 Å². The van der Waals surface area contributed by atoms with Gasteiger partial charge < -0.3 is 24.8 Å². The summed E-state index contributed by atoms with van der Waals surface area (Å²) in [7, 11) is 0. The molecular weight excluding hydrogens is 484 g/mol. The van der Waals surface area contributed by atoms with Crippen LogP contribution in [0.2, 0.25) is 0 Å². The van der Waals surface area contributed by atoms with Crippen molar-refractivity contribution in [1.29, 1.82) is 0 Å². The highest BCUT2D eigenvalue weighted by Crippen LogP contribution is 2.47. The van der Waals surface area contributed by atoms with Crippen LogP contribution in [0.3, 0.4) is 0 Å². The molecule has 0 aliphatic heterocycles. The largest absolute Gasteiger partial charge is 0.480 e. The van der Waals surface area contributed by atoms with E-state index >= 15 is 0 Å². The fourth-order valence-electron chi connectivity index (χ4n) is 5.26. The minimum absolute atomic E-state index is 0.000838. The number of carboxylic acids is 1. The van der Waals surface area contributed by atoms with Crippen LogP contribution < -0.4 is 5.32 Å². The summed E-state index contributed by atoms with van der Waals surface area (Å²) < 4.78 is 11.1. The van der Waals surface area contributed by atoms with Gasteiger partial charge in [0.2, 0.25) is 0 Å². The van der Waals surface area contributed by atoms with Gasteiger partial charge in [-0.2, -0.15) is 0 Å². The Kier molecular flexibility index (Phi) is 8.84. The van der Waals surface area contributed by atoms with Crippen LogP contribution in [0.4, 0.5) is 9.59 Å². The second-order valence-electron chi connectivity index (χ2n) is 12.5. The molecule has 8 nitrogen and oxygen atoms in total. The monoisotopic (exact) mass is 528 g/mol. The lowest BCUT2D eigenvalue weighted by atomic mass is 9.79. The number of carbonyl (C=O) groups excluding carboxylic acids is 2. The first-order chi connectivity index (χ1) is 17.6. The second kappa shape index (κ2) is 11.4. The molecule has 0 aromatic heterocycles. The third-order valence-corrected chi connectivity index (χ3v) is 7.11. The first kappa shape index (κ1) is 29.5. The SMILES string of the molecule is CCC(=Cc1ccccc1)[C@@H]1C[C@H]1N(C(=O)OC(C)(C)C)C1CCC(NC(=O)OC(C)(C)C)(C(=O)O)CC1. The minimum atomic E-state index is -1.43. The lowest BCUT2D eigenvalue weighted by molar-refractivity contribution is -0.146. The molecule has 0 radical (unpaired) electrons. The van der Waals surface area contributed by atoms with Gasteiger partial charge in [0.25, 0.3) is 0 Å². The van der Waals surface area contributed by atoms with Crippen molar-refractivity contribution in [1.82, 2.24) is 10.2 Å². The number of nitrogens with one attached hydrogen (secondary N) is 1. The molecule has 2 fully saturated rings. The fourth-order valence-corrected chi connectivity index (χ4v) is 5.26. The topological polar surface area (TPSA) is 105 Å². The highest BCUT2D eigenvalue weighted by molar-refractivity contribution is 5.84. The van der Waals surface area contributed by atoms with Crippen molar-refractivity contribution in [2.45, 2.75) is 116 Å². The molecule has 1 aromatic rings. The zero-order chi connectivity index (χ0) is 28.3. The lowest BCUT2D eigenvalue weighted by Gasteiger charge is -2.42. The van der Waals surface area contributed by atoms with Gasteiger partial charge in [-0.3, -0.25) is 0 Å². The maximum atomic E-state index is 13.5. The third kappa shape index (κ3) is 7.74. The van der Waals surface area contributed by atoms with Gasteiger partial charge in [-0.15, -0.1) is 0 Å². The Morgan fingerprint density at radius 3 is 2.11 bits per heavy atom. The van der Waals surface area contributed by atoms with E-state index < -0.39 is 28.8 Å². The third-order valence-electron chi connectivity index (χ3n) is 7.11. The molecule has 2 aliphatic carbocycles. The van der Waals surface area contributed by atoms with Crippen molar-refractivity contribution in [3.63, 3.8) is 0 Å². The quantitative estimate of drug-likeness (QED) is 0.424. The average molecular weight is 529 g/mol. The molecule has 38 heavy (non-hydrogen) atoms. The van der Waals surface area contributed by atoms with Gasteiger partial charge in [0.1, 0.15) is 16.7 Å². The summed E-state index contributed by atoms with van der Waals surface area (Å²) in [4.78, 5) is 40.1. The first-order valence-electron chi connectivity index (χ1n) is 13.7. The number of rotatable bonds is 7. The van der Waals surface area contributed by atoms with Crippen molar-refractivity contribution in [2.24, 2.45) is 5.92 Å². The molecule has 2 amide bonds. The zero-order valence-corrected chi connectivity index (χ0v) is 23.9. The van der Waals surface area contributed by atoms with E-state index in [0.717, 1.165) is 18.4 Å². The highest BCUT2D eigenvalue weighted by atomic mass is 16.6. The normalized spacial score (nSPS) is 25.8. The van der Waals surface area contributed by atoms with E-state index in [9.17, 15) is 19.5 Å². The van der Waals surface area contributed by atoms with Crippen molar-refractivity contribution in [3.05, 3.63) is 41.5 Å². The Morgan fingerprint density at radius 1 is 1.03 bits per heavy atom. The van der Waals surface area contributed by atoms with Crippen LogP contribution in [0.5, 0.6) is 0 Å². The van der Waals surface area contributed by atoms with Crippen LogP contribution in [0.15, 0.2) is 35.9 Å². The van der Waals surface area contributed by atoms with Crippen molar-refractivity contribution >= 4 is 24.2 Å². The van der Waals surface area contributed by atoms with E-state index in [1.54, 1.807) is 20.8 Å². The van der Waals surface area contributed by atoms with Gasteiger partial charge in [0, 0.05) is 18.0 Å². The summed E-state index contributed by atoms with van der Waals surface area (Å²) in [5, 5.41) is 12.7. The van der Waals surface area contributed by atoms with E-state index in [1.165, 1.54) is 5.57 Å². The van der Waals surface area contributed by atoms with E-state index in [4.69, 9.17) is 9.47 Å². The van der Waals surface area contributed by atoms with Crippen molar-refractivity contribution in [3.8, 4) is 0 Å². The number of hydrogen-bond acceptors (Lipinski definition) is 5. The number of hydrogen-bond donors (Lipinski definition) is 2. The van der Waals surface area contributed by atoms with Gasteiger partial charge in [-0.1, -0.05) is 48.9 Å². The van der Waals surface area contributed by atoms with Crippen LogP contribution in [0, 0.1) is 5.92 Å². The fraction of sp³-hybridized carbons (Fsp3) is 0.633. The Balaban J connectivity index is 1.79. The maximum Gasteiger partial charge on any atom is 0.410 e. The van der Waals surface area contributed by atoms with E-state index in [2.05, 4.69) is 30.4 Å². The number of carbonyl (C=O) groups is 3. The summed E-state index contributed by atoms with van der Waals surface area (Å²) in [5.41, 5.74) is -0.388. The van der Waals surface area contributed by atoms with Crippen LogP contribution in [-0.2, 0) is 14.3 Å². The predicted molar refractivity (Wildman–Crippen MR) is 147 cm³/mol. The summed E-state index contributed by atoms with van der Waals surface area (Å²) in [6, 6.07) is 9.98. The van der Waals surface area contributed by atoms with Crippen molar-refractivity contribution < 1.29 is 29.0 Å². The zero-order valence-electron chi connectivity index (χ0n) is 23.9. The molecule has 8 heteroatoms. The van der Waals surface area contributed by atoms with Crippen molar-refractivity contribution in [2.75, 3.05) is 0 Å². The number of ether oxygens (including phenoxy) is 2. The average Bonchev–Trinajstić information content (AvgIpc) is 3.57. The highest BCUT2D eigenvalue weighted by Gasteiger charge is 2.52. The Hall–Kier alpha value is -3.03. The van der Waals surface area contributed by atoms with E-state index in [0.29, 0.717) is 12.8 Å². The lowest BCUT2D eigenvalue weighted by Crippen LogP contribution is -2.59. The number of amides is 2. The maximum absolute atomic E-state index is 13.5. The molecule has 1 aromatic carbocycles. The van der Waals surface area contributed by atoms with Crippen LogP contribution in [-0.4, -0.2) is 57.0 Å². The molecule has 0 unspecified atom stereocenters. The van der Waals surface area contributed by atoms with Gasteiger partial charge >= 0.3 is 18.2 Å². The van der Waals surface area contributed by atoms with E-state index in [1.807, 2.05) is 43.9 Å². The molecule has 2 saturated carbocycles. The molecule has 2 N–H and O–H groups in total. The predicted octanol–water partition coefficient (Wildman–Crippen LogP) is 6.40. The van der Waals surface area contributed by atoms with Crippen LogP contribution in [0.25, 0.3) is 6.08 Å². The van der Waals surface area contributed by atoms with Gasteiger partial charge in [0.05, 0.1) is 0 Å². The molecule has 0 spiro atoms. The van der Waals surface area contributed by atoms with Gasteiger partial charge in [-0.25, -0.2) is 14.4 Å². The number of alkyl carbamates (subject to hydrolysis) is 1. The summed E-state index contributed by atoms with van der Waals surface area (Å²) in [6.07, 6.45) is 4.10. The van der Waals surface area contributed by atoms with Gasteiger partial charge in [-0.05, 0) is 85.6 Å². The summed E-state index contributed by atoms with van der Waals surface area (Å²) in [5.74, 6) is -0.854. The second-order valence-corrected chi connectivity index (χ2v) is 12.5. The number of aliphatic carboxylic acids is 1. The van der Waals surface area contributed by atoms with Gasteiger partial charge in [0.15, 0.2) is 0 Å². The number of nitrogens with zero attached hydrogens (tertiary/aromatic N) is 1. The summed E-state index contributed by atoms with van der Waals surface area (Å²) in [6.45, 7) is 12.9. The van der Waals surface area contributed by atoms with Crippen LogP contribution in [0.1, 0.15) is 92.6 Å².